The number of hydrogen-bond donors (Lipinski definition) is 0. The molecule has 0 saturated carbocycles. The van der Waals surface area contributed by atoms with E-state index in [1.165, 1.54) is 13.1 Å². The molecule has 3 rings (SSSR count). The highest BCUT2D eigenvalue weighted by atomic mass is 16.5. The minimum absolute atomic E-state index is 0.00320. The van der Waals surface area contributed by atoms with E-state index in [0.717, 1.165) is 0 Å². The van der Waals surface area contributed by atoms with Crippen molar-refractivity contribution in [3.8, 4) is 11.6 Å². The summed E-state index contributed by atoms with van der Waals surface area (Å²) in [4.78, 5) is 27.7. The van der Waals surface area contributed by atoms with Gasteiger partial charge in [-0.25, -0.2) is 4.98 Å². The van der Waals surface area contributed by atoms with E-state index in [4.69, 9.17) is 4.74 Å². The quantitative estimate of drug-likeness (QED) is 0.658. The second-order valence-electron chi connectivity index (χ2n) is 5.26. The average molecular weight is 317 g/mol. The normalized spacial score (nSPS) is 10.2. The lowest BCUT2D eigenvalue weighted by Gasteiger charge is -2.06. The van der Waals surface area contributed by atoms with Gasteiger partial charge in [0.05, 0.1) is 0 Å². The van der Waals surface area contributed by atoms with Crippen LogP contribution in [0.15, 0.2) is 72.9 Å². The minimum Gasteiger partial charge on any atom is -0.439 e. The van der Waals surface area contributed by atoms with Crippen molar-refractivity contribution >= 4 is 11.6 Å². The van der Waals surface area contributed by atoms with E-state index in [-0.39, 0.29) is 11.6 Å². The first-order chi connectivity index (χ1) is 11.6. The molecule has 0 atom stereocenters. The summed E-state index contributed by atoms with van der Waals surface area (Å²) in [5, 5.41) is 0. The number of rotatable bonds is 5. The van der Waals surface area contributed by atoms with Crippen LogP contribution < -0.4 is 4.74 Å². The van der Waals surface area contributed by atoms with Gasteiger partial charge in [-0.1, -0.05) is 30.3 Å². The summed E-state index contributed by atoms with van der Waals surface area (Å²) in [5.74, 6) is 0.883. The second kappa shape index (κ2) is 6.87. The van der Waals surface area contributed by atoms with Gasteiger partial charge in [0.1, 0.15) is 5.75 Å². The fraction of sp³-hybridized carbons (Fsp3) is 0.0500. The summed E-state index contributed by atoms with van der Waals surface area (Å²) in [6.07, 6.45) is 1.49. The van der Waals surface area contributed by atoms with Crippen LogP contribution in [-0.2, 0) is 0 Å². The van der Waals surface area contributed by atoms with E-state index in [0.29, 0.717) is 28.3 Å². The number of carbonyl (C=O) groups is 2. The lowest BCUT2D eigenvalue weighted by molar-refractivity contribution is 0.101. The first-order valence-electron chi connectivity index (χ1n) is 7.48. The van der Waals surface area contributed by atoms with Gasteiger partial charge in [0, 0.05) is 29.0 Å². The maximum Gasteiger partial charge on any atom is 0.219 e. The molecule has 4 nitrogen and oxygen atoms in total. The number of Topliss-reactive ketones (excluding diaryl/α,β-unsaturated/α-hetero) is 1. The third-order valence-electron chi connectivity index (χ3n) is 3.52. The molecule has 0 unspecified atom stereocenters. The molecule has 0 N–H and O–H groups in total. The van der Waals surface area contributed by atoms with Crippen molar-refractivity contribution in [2.24, 2.45) is 0 Å². The van der Waals surface area contributed by atoms with Gasteiger partial charge in [-0.15, -0.1) is 0 Å². The summed E-state index contributed by atoms with van der Waals surface area (Å²) >= 11 is 0. The summed E-state index contributed by atoms with van der Waals surface area (Å²) in [5.41, 5.74) is 1.74. The van der Waals surface area contributed by atoms with Crippen LogP contribution in [0.4, 0.5) is 0 Å². The van der Waals surface area contributed by atoms with E-state index in [2.05, 4.69) is 4.98 Å². The molecule has 3 aromatic rings. The van der Waals surface area contributed by atoms with Gasteiger partial charge in [-0.2, -0.15) is 0 Å². The van der Waals surface area contributed by atoms with Crippen LogP contribution in [0.5, 0.6) is 11.6 Å². The molecule has 2 aromatic carbocycles. The average Bonchev–Trinajstić information content (AvgIpc) is 2.63. The van der Waals surface area contributed by atoms with Gasteiger partial charge in [0.25, 0.3) is 0 Å². The largest absolute Gasteiger partial charge is 0.439 e. The molecule has 0 radical (unpaired) electrons. The van der Waals surface area contributed by atoms with Crippen LogP contribution in [0.3, 0.4) is 0 Å². The standard InChI is InChI=1S/C20H15NO3/c1-14(22)15-7-10-18(11-8-15)24-19-12-9-17(13-21-19)20(23)16-5-3-2-4-6-16/h2-13H,1H3. The molecular weight excluding hydrogens is 302 g/mol. The van der Waals surface area contributed by atoms with Crippen LogP contribution in [0.25, 0.3) is 0 Å². The molecule has 1 aromatic heterocycles. The highest BCUT2D eigenvalue weighted by Gasteiger charge is 2.09. The Morgan fingerprint density at radius 3 is 2.04 bits per heavy atom. The molecule has 0 bridgehead atoms. The predicted molar refractivity (Wildman–Crippen MR) is 90.6 cm³/mol. The molecule has 0 aliphatic rings. The van der Waals surface area contributed by atoms with Gasteiger partial charge < -0.3 is 4.74 Å². The maximum absolute atomic E-state index is 12.3. The Hall–Kier alpha value is -3.27. The molecule has 4 heteroatoms. The van der Waals surface area contributed by atoms with E-state index in [9.17, 15) is 9.59 Å². The molecule has 0 spiro atoms. The topological polar surface area (TPSA) is 56.3 Å². The Morgan fingerprint density at radius 1 is 0.792 bits per heavy atom. The molecule has 0 fully saturated rings. The summed E-state index contributed by atoms with van der Waals surface area (Å²) in [6, 6.07) is 19.2. The van der Waals surface area contributed by atoms with E-state index in [1.54, 1.807) is 48.5 Å². The third kappa shape index (κ3) is 3.55. The maximum atomic E-state index is 12.3. The number of nitrogens with zero attached hydrogens (tertiary/aromatic N) is 1. The zero-order chi connectivity index (χ0) is 16.9. The van der Waals surface area contributed by atoms with Crippen molar-refractivity contribution in [1.82, 2.24) is 4.98 Å². The third-order valence-corrected chi connectivity index (χ3v) is 3.52. The van der Waals surface area contributed by atoms with Crippen LogP contribution in [0, 0.1) is 0 Å². The summed E-state index contributed by atoms with van der Waals surface area (Å²) in [7, 11) is 0. The van der Waals surface area contributed by atoms with Gasteiger partial charge in [-0.3, -0.25) is 9.59 Å². The fourth-order valence-electron chi connectivity index (χ4n) is 2.21. The van der Waals surface area contributed by atoms with Crippen molar-refractivity contribution in [2.75, 3.05) is 0 Å². The molecular formula is C20H15NO3. The molecule has 0 saturated heterocycles. The summed E-state index contributed by atoms with van der Waals surface area (Å²) in [6.45, 7) is 1.51. The minimum atomic E-state index is -0.0829. The SMILES string of the molecule is CC(=O)c1ccc(Oc2ccc(C(=O)c3ccccc3)cn2)cc1. The fourth-order valence-corrected chi connectivity index (χ4v) is 2.21. The number of pyridine rings is 1. The van der Waals surface area contributed by atoms with Crippen molar-refractivity contribution in [1.29, 1.82) is 0 Å². The van der Waals surface area contributed by atoms with Gasteiger partial charge >= 0.3 is 0 Å². The number of ether oxygens (including phenoxy) is 1. The van der Waals surface area contributed by atoms with E-state index in [1.807, 2.05) is 18.2 Å². The lowest BCUT2D eigenvalue weighted by Crippen LogP contribution is -2.01. The summed E-state index contributed by atoms with van der Waals surface area (Å²) < 4.78 is 5.62. The first kappa shape index (κ1) is 15.6. The van der Waals surface area contributed by atoms with Gasteiger partial charge in [-0.05, 0) is 37.3 Å². The number of ketones is 2. The Morgan fingerprint density at radius 2 is 1.46 bits per heavy atom. The first-order valence-corrected chi connectivity index (χ1v) is 7.48. The number of aromatic nitrogens is 1. The molecule has 0 aliphatic heterocycles. The second-order valence-corrected chi connectivity index (χ2v) is 5.26. The van der Waals surface area contributed by atoms with Crippen LogP contribution in [0.1, 0.15) is 33.2 Å². The van der Waals surface area contributed by atoms with E-state index < -0.39 is 0 Å². The highest BCUT2D eigenvalue weighted by molar-refractivity contribution is 6.08. The van der Waals surface area contributed by atoms with Gasteiger partial charge in [0.15, 0.2) is 11.6 Å². The van der Waals surface area contributed by atoms with Crippen molar-refractivity contribution < 1.29 is 14.3 Å². The Bertz CT molecular complexity index is 854. The monoisotopic (exact) mass is 317 g/mol. The van der Waals surface area contributed by atoms with Crippen molar-refractivity contribution in [2.45, 2.75) is 6.92 Å². The van der Waals surface area contributed by atoms with Crippen LogP contribution >= 0.6 is 0 Å². The molecule has 118 valence electrons. The Balaban J connectivity index is 1.72. The molecule has 1 heterocycles. The predicted octanol–water partition coefficient (Wildman–Crippen LogP) is 4.31. The number of carbonyl (C=O) groups excluding carboxylic acids is 2. The van der Waals surface area contributed by atoms with Crippen LogP contribution in [-0.4, -0.2) is 16.6 Å². The highest BCUT2D eigenvalue weighted by Crippen LogP contribution is 2.20. The molecule has 24 heavy (non-hydrogen) atoms. The zero-order valence-corrected chi connectivity index (χ0v) is 13.1. The Kier molecular flexibility index (Phi) is 4.47. The smallest absolute Gasteiger partial charge is 0.219 e. The number of benzene rings is 2. The van der Waals surface area contributed by atoms with Gasteiger partial charge in [0.2, 0.25) is 5.88 Å². The number of hydrogen-bond acceptors (Lipinski definition) is 4. The zero-order valence-electron chi connectivity index (χ0n) is 13.1. The molecule has 0 amide bonds. The van der Waals surface area contributed by atoms with Crippen LogP contribution in [0.2, 0.25) is 0 Å². The van der Waals surface area contributed by atoms with Crippen molar-refractivity contribution in [3.63, 3.8) is 0 Å². The molecule has 0 aliphatic carbocycles. The van der Waals surface area contributed by atoms with Crippen molar-refractivity contribution in [3.05, 3.63) is 89.6 Å². The lowest BCUT2D eigenvalue weighted by atomic mass is 10.1. The van der Waals surface area contributed by atoms with E-state index >= 15 is 0 Å². The Labute approximate surface area is 139 Å².